The van der Waals surface area contributed by atoms with Crippen LogP contribution in [0.3, 0.4) is 0 Å². The molecule has 0 unspecified atom stereocenters. The summed E-state index contributed by atoms with van der Waals surface area (Å²) < 4.78 is 6.89. The molecule has 2 aromatic rings. The van der Waals surface area contributed by atoms with E-state index in [1.807, 2.05) is 45.2 Å². The van der Waals surface area contributed by atoms with Gasteiger partial charge in [-0.05, 0) is 32.4 Å². The molecule has 2 rings (SSSR count). The molecular formula is C12H14NO2+. The van der Waals surface area contributed by atoms with E-state index in [-0.39, 0.29) is 11.8 Å². The van der Waals surface area contributed by atoms with Crippen LogP contribution in [0.25, 0.3) is 11.0 Å². The minimum Gasteiger partial charge on any atom is -0.371 e. The van der Waals surface area contributed by atoms with Crippen LogP contribution in [0.2, 0.25) is 0 Å². The maximum Gasteiger partial charge on any atom is 0.602 e. The van der Waals surface area contributed by atoms with Crippen LogP contribution >= 0.6 is 0 Å². The Balaban J connectivity index is 2.82. The van der Waals surface area contributed by atoms with Gasteiger partial charge < -0.3 is 4.42 Å². The zero-order chi connectivity index (χ0) is 11.0. The molecule has 0 amide bonds. The Morgan fingerprint density at radius 2 is 2.07 bits per heavy atom. The fraction of sp³-hybridized carbons (Fsp3) is 0.333. The van der Waals surface area contributed by atoms with Crippen molar-refractivity contribution < 1.29 is 8.98 Å². The average molecular weight is 204 g/mol. The normalized spacial score (nSPS) is 11.2. The van der Waals surface area contributed by atoms with E-state index >= 15 is 0 Å². The third-order valence-corrected chi connectivity index (χ3v) is 2.48. The summed E-state index contributed by atoms with van der Waals surface area (Å²) in [4.78, 5) is 11.6. The van der Waals surface area contributed by atoms with Gasteiger partial charge in [-0.25, -0.2) is 0 Å². The number of hydrogen-bond acceptors (Lipinski definition) is 2. The van der Waals surface area contributed by atoms with E-state index in [0.29, 0.717) is 5.58 Å². The zero-order valence-corrected chi connectivity index (χ0v) is 9.15. The topological polar surface area (TPSA) is 34.1 Å². The maximum atomic E-state index is 11.6. The summed E-state index contributed by atoms with van der Waals surface area (Å²) in [7, 11) is 0. The summed E-state index contributed by atoms with van der Waals surface area (Å²) in [6.45, 7) is 5.85. The van der Waals surface area contributed by atoms with Gasteiger partial charge in [0.25, 0.3) is 0 Å². The number of benzene rings is 1. The van der Waals surface area contributed by atoms with Crippen LogP contribution in [0.15, 0.2) is 33.6 Å². The van der Waals surface area contributed by atoms with Gasteiger partial charge in [0.05, 0.1) is 5.39 Å². The fourth-order valence-corrected chi connectivity index (χ4v) is 1.62. The molecule has 0 bridgehead atoms. The molecular weight excluding hydrogens is 190 g/mol. The van der Waals surface area contributed by atoms with Crippen LogP contribution in [0.4, 0.5) is 0 Å². The Bertz CT molecular complexity index is 555. The molecule has 1 aromatic heterocycles. The summed E-state index contributed by atoms with van der Waals surface area (Å²) in [5.41, 5.74) is 1.67. The highest BCUT2D eigenvalue weighted by Crippen LogP contribution is 2.14. The van der Waals surface area contributed by atoms with Crippen molar-refractivity contribution in [2.45, 2.75) is 26.8 Å². The standard InChI is InChI=1S/C12H14NO2/c1-8(2)13-7-10-6-4-5-9(3)11(10)15-12(13)14/h4-8H,1-3H3/q+1. The van der Waals surface area contributed by atoms with Gasteiger partial charge >= 0.3 is 5.76 Å². The van der Waals surface area contributed by atoms with Crippen LogP contribution in [0.5, 0.6) is 0 Å². The Kier molecular flexibility index (Phi) is 2.31. The highest BCUT2D eigenvalue weighted by atomic mass is 16.4. The average Bonchev–Trinajstić information content (AvgIpc) is 2.18. The first kappa shape index (κ1) is 9.90. The number of nitrogens with zero attached hydrogens (tertiary/aromatic N) is 1. The number of para-hydroxylation sites is 1. The van der Waals surface area contributed by atoms with Crippen molar-refractivity contribution in [3.05, 3.63) is 40.5 Å². The van der Waals surface area contributed by atoms with Gasteiger partial charge in [-0.2, -0.15) is 4.79 Å². The molecule has 0 aliphatic rings. The van der Waals surface area contributed by atoms with Gasteiger partial charge in [-0.15, -0.1) is 4.57 Å². The first-order valence-electron chi connectivity index (χ1n) is 5.04. The monoisotopic (exact) mass is 204 g/mol. The van der Waals surface area contributed by atoms with Crippen LogP contribution in [-0.4, -0.2) is 0 Å². The SMILES string of the molecule is Cc1cccc2c[n+](C(C)C)c(=O)oc12. The van der Waals surface area contributed by atoms with Gasteiger partial charge in [-0.1, -0.05) is 12.1 Å². The number of hydrogen-bond donors (Lipinski definition) is 0. The van der Waals surface area contributed by atoms with Gasteiger partial charge in [0.2, 0.25) is 0 Å². The molecule has 3 heteroatoms. The Labute approximate surface area is 88.0 Å². The lowest BCUT2D eigenvalue weighted by Crippen LogP contribution is -2.50. The second-order valence-electron chi connectivity index (χ2n) is 3.99. The van der Waals surface area contributed by atoms with E-state index in [1.54, 1.807) is 4.57 Å². The number of aromatic nitrogens is 1. The molecule has 78 valence electrons. The lowest BCUT2D eigenvalue weighted by Gasteiger charge is -2.01. The van der Waals surface area contributed by atoms with Crippen molar-refractivity contribution in [3.63, 3.8) is 0 Å². The molecule has 3 nitrogen and oxygen atoms in total. The van der Waals surface area contributed by atoms with Crippen LogP contribution < -0.4 is 10.3 Å². The smallest absolute Gasteiger partial charge is 0.371 e. The van der Waals surface area contributed by atoms with Gasteiger partial charge in [0.1, 0.15) is 0 Å². The molecule has 0 atom stereocenters. The molecule has 0 N–H and O–H groups in total. The lowest BCUT2D eigenvalue weighted by molar-refractivity contribution is -0.738. The molecule has 1 heterocycles. The van der Waals surface area contributed by atoms with Gasteiger partial charge in [0.15, 0.2) is 17.8 Å². The van der Waals surface area contributed by atoms with Crippen molar-refractivity contribution in [3.8, 4) is 0 Å². The first-order valence-corrected chi connectivity index (χ1v) is 5.04. The number of aryl methyl sites for hydroxylation is 1. The van der Waals surface area contributed by atoms with E-state index in [1.165, 1.54) is 0 Å². The number of fused-ring (bicyclic) bond motifs is 1. The quantitative estimate of drug-likeness (QED) is 0.665. The Morgan fingerprint density at radius 1 is 1.33 bits per heavy atom. The summed E-state index contributed by atoms with van der Waals surface area (Å²) in [6.07, 6.45) is 1.85. The zero-order valence-electron chi connectivity index (χ0n) is 9.15. The van der Waals surface area contributed by atoms with Crippen molar-refractivity contribution >= 4 is 11.0 Å². The Hall–Kier alpha value is -1.64. The molecule has 0 saturated heterocycles. The molecule has 0 spiro atoms. The molecule has 1 aromatic carbocycles. The van der Waals surface area contributed by atoms with Crippen molar-refractivity contribution in [1.82, 2.24) is 0 Å². The van der Waals surface area contributed by atoms with E-state index in [4.69, 9.17) is 4.42 Å². The number of rotatable bonds is 1. The van der Waals surface area contributed by atoms with E-state index in [0.717, 1.165) is 10.9 Å². The minimum atomic E-state index is -0.299. The first-order chi connectivity index (χ1) is 7.09. The summed E-state index contributed by atoms with van der Waals surface area (Å²) >= 11 is 0. The van der Waals surface area contributed by atoms with E-state index < -0.39 is 0 Å². The molecule has 0 fully saturated rings. The largest absolute Gasteiger partial charge is 0.602 e. The third kappa shape index (κ3) is 1.65. The molecule has 0 radical (unpaired) electrons. The van der Waals surface area contributed by atoms with Crippen molar-refractivity contribution in [2.75, 3.05) is 0 Å². The van der Waals surface area contributed by atoms with E-state index in [2.05, 4.69) is 0 Å². The predicted molar refractivity (Wildman–Crippen MR) is 57.8 cm³/mol. The molecule has 15 heavy (non-hydrogen) atoms. The van der Waals surface area contributed by atoms with Gasteiger partial charge in [-0.3, -0.25) is 0 Å². The van der Waals surface area contributed by atoms with Crippen LogP contribution in [-0.2, 0) is 0 Å². The highest BCUT2D eigenvalue weighted by Gasteiger charge is 2.16. The van der Waals surface area contributed by atoms with Crippen LogP contribution in [0.1, 0.15) is 25.5 Å². The third-order valence-electron chi connectivity index (χ3n) is 2.48. The minimum absolute atomic E-state index is 0.117. The van der Waals surface area contributed by atoms with Gasteiger partial charge in [0, 0.05) is 0 Å². The Morgan fingerprint density at radius 3 is 2.73 bits per heavy atom. The highest BCUT2D eigenvalue weighted by molar-refractivity contribution is 5.77. The maximum absolute atomic E-state index is 11.6. The molecule has 0 aliphatic heterocycles. The summed E-state index contributed by atoms with van der Waals surface area (Å²) in [5.74, 6) is -0.299. The van der Waals surface area contributed by atoms with E-state index in [9.17, 15) is 4.79 Å². The predicted octanol–water partition coefficient (Wildman–Crippen LogP) is 1.97. The summed E-state index contributed by atoms with van der Waals surface area (Å²) in [6, 6.07) is 5.96. The molecule has 0 aliphatic carbocycles. The molecule has 0 saturated carbocycles. The second-order valence-corrected chi connectivity index (χ2v) is 3.99. The second kappa shape index (κ2) is 3.50. The van der Waals surface area contributed by atoms with Crippen molar-refractivity contribution in [1.29, 1.82) is 0 Å². The van der Waals surface area contributed by atoms with Crippen LogP contribution in [0, 0.1) is 6.92 Å². The lowest BCUT2D eigenvalue weighted by atomic mass is 10.2. The van der Waals surface area contributed by atoms with Crippen molar-refractivity contribution in [2.24, 2.45) is 0 Å². The summed E-state index contributed by atoms with van der Waals surface area (Å²) in [5, 5.41) is 0.961. The fourth-order valence-electron chi connectivity index (χ4n) is 1.62.